The number of methoxy groups -OCH3 is 1. The predicted octanol–water partition coefficient (Wildman–Crippen LogP) is 3.27. The molecule has 16 heavy (non-hydrogen) atoms. The normalized spacial score (nSPS) is 10.8. The van der Waals surface area contributed by atoms with Crippen molar-refractivity contribution in [3.63, 3.8) is 0 Å². The van der Waals surface area contributed by atoms with E-state index in [9.17, 15) is 0 Å². The molecule has 0 bridgehead atoms. The van der Waals surface area contributed by atoms with Gasteiger partial charge in [-0.2, -0.15) is 0 Å². The summed E-state index contributed by atoms with van der Waals surface area (Å²) in [4.78, 5) is 8.81. The van der Waals surface area contributed by atoms with Gasteiger partial charge in [-0.1, -0.05) is 24.9 Å². The van der Waals surface area contributed by atoms with E-state index >= 15 is 0 Å². The number of hydrogen-bond acceptors (Lipinski definition) is 3. The Bertz CT molecular complexity index is 347. The van der Waals surface area contributed by atoms with Crippen LogP contribution in [0.4, 0.5) is 0 Å². The Morgan fingerprint density at radius 2 is 2.06 bits per heavy atom. The van der Waals surface area contributed by atoms with Crippen molar-refractivity contribution >= 4 is 34.2 Å². The van der Waals surface area contributed by atoms with Gasteiger partial charge >= 0.3 is 0 Å². The van der Waals surface area contributed by atoms with E-state index in [0.717, 1.165) is 47.4 Å². The number of rotatable bonds is 6. The van der Waals surface area contributed by atoms with E-state index in [1.807, 2.05) is 0 Å². The van der Waals surface area contributed by atoms with Crippen molar-refractivity contribution in [2.24, 2.45) is 0 Å². The standard InChI is InChI=1S/C11H16ClIN2O/c1-3-5-8-10(13)11(12)15-9(14-8)6-4-7-16-2/h3-7H2,1-2H3. The first-order valence-corrected chi connectivity index (χ1v) is 6.84. The van der Waals surface area contributed by atoms with Gasteiger partial charge in [0.25, 0.3) is 0 Å². The minimum absolute atomic E-state index is 0.575. The van der Waals surface area contributed by atoms with Gasteiger partial charge in [0.05, 0.1) is 9.26 Å². The fourth-order valence-electron chi connectivity index (χ4n) is 1.40. The fraction of sp³-hybridized carbons (Fsp3) is 0.636. The molecule has 0 aliphatic rings. The maximum Gasteiger partial charge on any atom is 0.146 e. The van der Waals surface area contributed by atoms with Crippen LogP contribution in [0, 0.1) is 3.57 Å². The number of hydrogen-bond donors (Lipinski definition) is 0. The molecule has 0 N–H and O–H groups in total. The van der Waals surface area contributed by atoms with Crippen LogP contribution in [0.15, 0.2) is 0 Å². The summed E-state index contributed by atoms with van der Waals surface area (Å²) in [5.41, 5.74) is 1.07. The lowest BCUT2D eigenvalue weighted by Crippen LogP contribution is -2.05. The minimum Gasteiger partial charge on any atom is -0.385 e. The third-order valence-electron chi connectivity index (χ3n) is 2.16. The predicted molar refractivity (Wildman–Crippen MR) is 74.0 cm³/mol. The zero-order valence-electron chi connectivity index (χ0n) is 9.59. The van der Waals surface area contributed by atoms with E-state index in [2.05, 4.69) is 39.5 Å². The maximum absolute atomic E-state index is 6.08. The third-order valence-corrected chi connectivity index (χ3v) is 3.89. The summed E-state index contributed by atoms with van der Waals surface area (Å²) in [6, 6.07) is 0. The molecule has 1 aromatic rings. The van der Waals surface area contributed by atoms with Crippen LogP contribution in [-0.2, 0) is 17.6 Å². The smallest absolute Gasteiger partial charge is 0.146 e. The average Bonchev–Trinajstić information content (AvgIpc) is 2.26. The minimum atomic E-state index is 0.575. The SMILES string of the molecule is CCCc1nc(CCCOC)nc(Cl)c1I. The molecule has 1 aromatic heterocycles. The highest BCUT2D eigenvalue weighted by Gasteiger charge is 2.09. The Hall–Kier alpha value is 0.0600. The molecule has 1 heterocycles. The van der Waals surface area contributed by atoms with Gasteiger partial charge in [0.1, 0.15) is 11.0 Å². The third kappa shape index (κ3) is 4.14. The Morgan fingerprint density at radius 1 is 1.31 bits per heavy atom. The number of nitrogens with zero attached hydrogens (tertiary/aromatic N) is 2. The van der Waals surface area contributed by atoms with Crippen LogP contribution in [0.25, 0.3) is 0 Å². The molecule has 0 aromatic carbocycles. The molecule has 0 aliphatic heterocycles. The van der Waals surface area contributed by atoms with E-state index in [-0.39, 0.29) is 0 Å². The van der Waals surface area contributed by atoms with Gasteiger partial charge in [0.2, 0.25) is 0 Å². The highest BCUT2D eigenvalue weighted by molar-refractivity contribution is 14.1. The molecule has 5 heteroatoms. The lowest BCUT2D eigenvalue weighted by atomic mass is 10.2. The van der Waals surface area contributed by atoms with E-state index in [1.165, 1.54) is 0 Å². The van der Waals surface area contributed by atoms with Gasteiger partial charge in [-0.15, -0.1) is 0 Å². The lowest BCUT2D eigenvalue weighted by Gasteiger charge is -2.07. The van der Waals surface area contributed by atoms with Crippen LogP contribution in [0.2, 0.25) is 5.15 Å². The second-order valence-electron chi connectivity index (χ2n) is 3.54. The van der Waals surface area contributed by atoms with E-state index < -0.39 is 0 Å². The van der Waals surface area contributed by atoms with Crippen molar-refractivity contribution in [3.8, 4) is 0 Å². The summed E-state index contributed by atoms with van der Waals surface area (Å²) < 4.78 is 5.99. The molecule has 1 rings (SSSR count). The van der Waals surface area contributed by atoms with E-state index in [0.29, 0.717) is 5.15 Å². The molecule has 0 atom stereocenters. The summed E-state index contributed by atoms with van der Waals surface area (Å²) in [5.74, 6) is 0.825. The Kier molecular flexibility index (Phi) is 6.53. The second-order valence-corrected chi connectivity index (χ2v) is 4.97. The van der Waals surface area contributed by atoms with Crippen LogP contribution in [-0.4, -0.2) is 23.7 Å². The summed E-state index contributed by atoms with van der Waals surface area (Å²) in [5, 5.41) is 0.575. The molecule has 90 valence electrons. The zero-order chi connectivity index (χ0) is 12.0. The first kappa shape index (κ1) is 14.1. The molecule has 0 aliphatic carbocycles. The summed E-state index contributed by atoms with van der Waals surface area (Å²) in [6.07, 6.45) is 3.78. The largest absolute Gasteiger partial charge is 0.385 e. The number of ether oxygens (including phenoxy) is 1. The number of halogens is 2. The first-order chi connectivity index (χ1) is 7.69. The quantitative estimate of drug-likeness (QED) is 0.447. The fourth-order valence-corrected chi connectivity index (χ4v) is 2.12. The van der Waals surface area contributed by atoms with Gasteiger partial charge in [0.15, 0.2) is 0 Å². The Labute approximate surface area is 115 Å². The van der Waals surface area contributed by atoms with Crippen LogP contribution >= 0.6 is 34.2 Å². The molecular weight excluding hydrogens is 338 g/mol. The van der Waals surface area contributed by atoms with E-state index in [4.69, 9.17) is 16.3 Å². The van der Waals surface area contributed by atoms with Crippen LogP contribution in [0.1, 0.15) is 31.3 Å². The van der Waals surface area contributed by atoms with Crippen LogP contribution < -0.4 is 0 Å². The molecule has 0 unspecified atom stereocenters. The van der Waals surface area contributed by atoms with Gasteiger partial charge in [0, 0.05) is 20.1 Å². The van der Waals surface area contributed by atoms with Crippen molar-refractivity contribution in [2.45, 2.75) is 32.6 Å². The zero-order valence-corrected chi connectivity index (χ0v) is 12.5. The summed E-state index contributed by atoms with van der Waals surface area (Å²) >= 11 is 8.29. The highest BCUT2D eigenvalue weighted by atomic mass is 127. The molecular formula is C11H16ClIN2O. The molecule has 0 amide bonds. The Balaban J connectivity index is 2.77. The average molecular weight is 355 g/mol. The molecule has 0 radical (unpaired) electrons. The summed E-state index contributed by atoms with van der Waals surface area (Å²) in [6.45, 7) is 2.87. The summed E-state index contributed by atoms with van der Waals surface area (Å²) in [7, 11) is 1.70. The van der Waals surface area contributed by atoms with Crippen LogP contribution in [0.5, 0.6) is 0 Å². The van der Waals surface area contributed by atoms with Gasteiger partial charge in [-0.05, 0) is 35.4 Å². The maximum atomic E-state index is 6.08. The molecule has 0 fully saturated rings. The van der Waals surface area contributed by atoms with E-state index in [1.54, 1.807) is 7.11 Å². The van der Waals surface area contributed by atoms with Crippen molar-refractivity contribution in [1.82, 2.24) is 9.97 Å². The molecule has 0 saturated heterocycles. The van der Waals surface area contributed by atoms with Gasteiger partial charge in [-0.3, -0.25) is 0 Å². The van der Waals surface area contributed by atoms with Crippen molar-refractivity contribution in [3.05, 3.63) is 20.2 Å². The topological polar surface area (TPSA) is 35.0 Å². The van der Waals surface area contributed by atoms with Gasteiger partial charge in [-0.25, -0.2) is 9.97 Å². The number of aromatic nitrogens is 2. The van der Waals surface area contributed by atoms with Crippen molar-refractivity contribution < 1.29 is 4.74 Å². The molecule has 3 nitrogen and oxygen atoms in total. The first-order valence-electron chi connectivity index (χ1n) is 5.38. The molecule has 0 spiro atoms. The van der Waals surface area contributed by atoms with Gasteiger partial charge < -0.3 is 4.74 Å². The number of aryl methyl sites for hydroxylation is 2. The van der Waals surface area contributed by atoms with Crippen molar-refractivity contribution in [2.75, 3.05) is 13.7 Å². The van der Waals surface area contributed by atoms with Crippen LogP contribution in [0.3, 0.4) is 0 Å². The molecule has 0 saturated carbocycles. The lowest BCUT2D eigenvalue weighted by molar-refractivity contribution is 0.194. The Morgan fingerprint density at radius 3 is 2.69 bits per heavy atom. The monoisotopic (exact) mass is 354 g/mol. The van der Waals surface area contributed by atoms with Crippen molar-refractivity contribution in [1.29, 1.82) is 0 Å². The second kappa shape index (κ2) is 7.40. The highest BCUT2D eigenvalue weighted by Crippen LogP contribution is 2.20.